The molecule has 2 aliphatic rings. The third-order valence-corrected chi connectivity index (χ3v) is 3.72. The van der Waals surface area contributed by atoms with Crippen LogP contribution in [0, 0.1) is 5.92 Å². The SMILES string of the molecule is CC1(O)CCN(C(=O)C2CCOCC2)CC1. The van der Waals surface area contributed by atoms with Crippen LogP contribution < -0.4 is 0 Å². The lowest BCUT2D eigenvalue weighted by atomic mass is 9.91. The highest BCUT2D eigenvalue weighted by atomic mass is 16.5. The molecule has 0 aromatic carbocycles. The van der Waals surface area contributed by atoms with Gasteiger partial charge >= 0.3 is 0 Å². The summed E-state index contributed by atoms with van der Waals surface area (Å²) in [6.45, 7) is 4.67. The minimum atomic E-state index is -0.577. The summed E-state index contributed by atoms with van der Waals surface area (Å²) in [7, 11) is 0. The number of amides is 1. The van der Waals surface area contributed by atoms with Crippen LogP contribution in [-0.2, 0) is 9.53 Å². The van der Waals surface area contributed by atoms with Crippen LogP contribution in [0.4, 0.5) is 0 Å². The Labute approximate surface area is 96.6 Å². The highest BCUT2D eigenvalue weighted by Crippen LogP contribution is 2.24. The molecule has 2 rings (SSSR count). The Morgan fingerprint density at radius 2 is 1.88 bits per heavy atom. The average molecular weight is 227 g/mol. The molecule has 2 saturated heterocycles. The quantitative estimate of drug-likeness (QED) is 0.720. The van der Waals surface area contributed by atoms with Crippen molar-refractivity contribution in [2.24, 2.45) is 5.92 Å². The molecule has 0 spiro atoms. The van der Waals surface area contributed by atoms with Crippen molar-refractivity contribution in [3.8, 4) is 0 Å². The van der Waals surface area contributed by atoms with Gasteiger partial charge in [-0.1, -0.05) is 0 Å². The molecule has 0 saturated carbocycles. The normalized spacial score (nSPS) is 26.8. The highest BCUT2D eigenvalue weighted by Gasteiger charge is 2.32. The van der Waals surface area contributed by atoms with Crippen LogP contribution in [0.25, 0.3) is 0 Å². The third-order valence-electron chi connectivity index (χ3n) is 3.72. The van der Waals surface area contributed by atoms with Gasteiger partial charge in [0.15, 0.2) is 0 Å². The fourth-order valence-electron chi connectivity index (χ4n) is 2.41. The summed E-state index contributed by atoms with van der Waals surface area (Å²) in [4.78, 5) is 14.1. The van der Waals surface area contributed by atoms with Crippen molar-refractivity contribution in [3.63, 3.8) is 0 Å². The maximum atomic E-state index is 12.2. The Balaban J connectivity index is 1.86. The van der Waals surface area contributed by atoms with Crippen LogP contribution in [0.3, 0.4) is 0 Å². The molecule has 0 unspecified atom stereocenters. The highest BCUT2D eigenvalue weighted by molar-refractivity contribution is 5.79. The maximum Gasteiger partial charge on any atom is 0.225 e. The van der Waals surface area contributed by atoms with Crippen LogP contribution in [0.5, 0.6) is 0 Å². The zero-order valence-corrected chi connectivity index (χ0v) is 9.95. The molecule has 0 aliphatic carbocycles. The average Bonchev–Trinajstić information content (AvgIpc) is 2.29. The lowest BCUT2D eigenvalue weighted by molar-refractivity contribution is -0.142. The molecule has 0 aromatic rings. The van der Waals surface area contributed by atoms with E-state index in [-0.39, 0.29) is 11.8 Å². The minimum absolute atomic E-state index is 0.150. The molecule has 2 aliphatic heterocycles. The molecule has 0 bridgehead atoms. The van der Waals surface area contributed by atoms with E-state index in [2.05, 4.69) is 0 Å². The van der Waals surface area contributed by atoms with Crippen molar-refractivity contribution in [3.05, 3.63) is 0 Å². The van der Waals surface area contributed by atoms with Gasteiger partial charge in [-0.25, -0.2) is 0 Å². The van der Waals surface area contributed by atoms with E-state index in [1.807, 2.05) is 11.8 Å². The number of nitrogens with zero attached hydrogens (tertiary/aromatic N) is 1. The van der Waals surface area contributed by atoms with Crippen molar-refractivity contribution >= 4 is 5.91 Å². The van der Waals surface area contributed by atoms with E-state index in [0.717, 1.165) is 12.8 Å². The summed E-state index contributed by atoms with van der Waals surface area (Å²) in [5, 5.41) is 9.83. The van der Waals surface area contributed by atoms with Gasteiger partial charge in [-0.15, -0.1) is 0 Å². The summed E-state index contributed by atoms with van der Waals surface area (Å²) >= 11 is 0. The van der Waals surface area contributed by atoms with Gasteiger partial charge in [-0.3, -0.25) is 4.79 Å². The Bertz CT molecular complexity index is 249. The number of ether oxygens (including phenoxy) is 1. The van der Waals surface area contributed by atoms with Crippen molar-refractivity contribution in [2.75, 3.05) is 26.3 Å². The first-order valence-corrected chi connectivity index (χ1v) is 6.17. The molecule has 1 N–H and O–H groups in total. The summed E-state index contributed by atoms with van der Waals surface area (Å²) < 4.78 is 5.26. The predicted octanol–water partition coefficient (Wildman–Crippen LogP) is 0.786. The molecular formula is C12H21NO3. The zero-order valence-electron chi connectivity index (χ0n) is 9.95. The maximum absolute atomic E-state index is 12.2. The second-order valence-electron chi connectivity index (χ2n) is 5.21. The number of rotatable bonds is 1. The van der Waals surface area contributed by atoms with Gasteiger partial charge in [0.1, 0.15) is 0 Å². The van der Waals surface area contributed by atoms with Crippen LogP contribution in [-0.4, -0.2) is 47.8 Å². The van der Waals surface area contributed by atoms with Gasteiger partial charge in [-0.05, 0) is 32.6 Å². The van der Waals surface area contributed by atoms with Gasteiger partial charge < -0.3 is 14.7 Å². The molecule has 4 nitrogen and oxygen atoms in total. The predicted molar refractivity (Wildman–Crippen MR) is 60.0 cm³/mol. The molecule has 16 heavy (non-hydrogen) atoms. The Morgan fingerprint density at radius 1 is 1.31 bits per heavy atom. The number of piperidine rings is 1. The van der Waals surface area contributed by atoms with E-state index in [0.29, 0.717) is 39.1 Å². The first-order valence-electron chi connectivity index (χ1n) is 6.17. The van der Waals surface area contributed by atoms with E-state index >= 15 is 0 Å². The number of carbonyl (C=O) groups is 1. The molecule has 1 amide bonds. The first kappa shape index (κ1) is 11.9. The lowest BCUT2D eigenvalue weighted by Gasteiger charge is -2.38. The van der Waals surface area contributed by atoms with Crippen LogP contribution in [0.1, 0.15) is 32.6 Å². The second-order valence-corrected chi connectivity index (χ2v) is 5.21. The van der Waals surface area contributed by atoms with Crippen LogP contribution in [0.2, 0.25) is 0 Å². The molecule has 0 atom stereocenters. The molecular weight excluding hydrogens is 206 g/mol. The van der Waals surface area contributed by atoms with E-state index < -0.39 is 5.60 Å². The Morgan fingerprint density at radius 3 is 2.44 bits per heavy atom. The molecule has 0 aromatic heterocycles. The number of carbonyl (C=O) groups excluding carboxylic acids is 1. The van der Waals surface area contributed by atoms with E-state index in [1.165, 1.54) is 0 Å². The van der Waals surface area contributed by atoms with Crippen molar-refractivity contribution in [2.45, 2.75) is 38.2 Å². The summed E-state index contributed by atoms with van der Waals surface area (Å²) in [6, 6.07) is 0. The molecule has 2 fully saturated rings. The Kier molecular flexibility index (Phi) is 3.50. The molecule has 4 heteroatoms. The number of likely N-dealkylation sites (tertiary alicyclic amines) is 1. The minimum Gasteiger partial charge on any atom is -0.390 e. The number of aliphatic hydroxyl groups is 1. The lowest BCUT2D eigenvalue weighted by Crippen LogP contribution is -2.47. The Hall–Kier alpha value is -0.610. The summed E-state index contributed by atoms with van der Waals surface area (Å²) in [5.41, 5.74) is -0.577. The van der Waals surface area contributed by atoms with E-state index in [9.17, 15) is 9.90 Å². The van der Waals surface area contributed by atoms with E-state index in [4.69, 9.17) is 4.74 Å². The fraction of sp³-hybridized carbons (Fsp3) is 0.917. The zero-order chi connectivity index (χ0) is 11.6. The summed E-state index contributed by atoms with van der Waals surface area (Å²) in [5.74, 6) is 0.413. The van der Waals surface area contributed by atoms with Gasteiger partial charge in [0, 0.05) is 32.2 Å². The second kappa shape index (κ2) is 4.72. The molecule has 0 radical (unpaired) electrons. The van der Waals surface area contributed by atoms with Gasteiger partial charge in [0.25, 0.3) is 0 Å². The largest absolute Gasteiger partial charge is 0.390 e. The van der Waals surface area contributed by atoms with Crippen molar-refractivity contribution in [1.82, 2.24) is 4.90 Å². The number of hydrogen-bond donors (Lipinski definition) is 1. The smallest absolute Gasteiger partial charge is 0.225 e. The van der Waals surface area contributed by atoms with Gasteiger partial charge in [0.05, 0.1) is 5.60 Å². The van der Waals surface area contributed by atoms with Crippen molar-refractivity contribution < 1.29 is 14.6 Å². The number of hydrogen-bond acceptors (Lipinski definition) is 3. The molecule has 2 heterocycles. The first-order chi connectivity index (χ1) is 7.58. The monoisotopic (exact) mass is 227 g/mol. The van der Waals surface area contributed by atoms with Crippen LogP contribution in [0.15, 0.2) is 0 Å². The van der Waals surface area contributed by atoms with Crippen molar-refractivity contribution in [1.29, 1.82) is 0 Å². The van der Waals surface area contributed by atoms with E-state index in [1.54, 1.807) is 0 Å². The topological polar surface area (TPSA) is 49.8 Å². The van der Waals surface area contributed by atoms with Gasteiger partial charge in [-0.2, -0.15) is 0 Å². The summed E-state index contributed by atoms with van der Waals surface area (Å²) in [6.07, 6.45) is 3.10. The van der Waals surface area contributed by atoms with Crippen LogP contribution >= 0.6 is 0 Å². The third kappa shape index (κ3) is 2.74. The fourth-order valence-corrected chi connectivity index (χ4v) is 2.41. The standard InChI is InChI=1S/C12H21NO3/c1-12(15)4-6-13(7-5-12)11(14)10-2-8-16-9-3-10/h10,15H,2-9H2,1H3. The van der Waals surface area contributed by atoms with Gasteiger partial charge in [0.2, 0.25) is 5.91 Å². The molecule has 92 valence electrons.